The minimum atomic E-state index is -0.321. The third-order valence-corrected chi connectivity index (χ3v) is 3.47. The smallest absolute Gasteiger partial charge is 0.254 e. The van der Waals surface area contributed by atoms with E-state index in [1.54, 1.807) is 24.5 Å². The van der Waals surface area contributed by atoms with Gasteiger partial charge in [0, 0.05) is 6.20 Å². The number of aliphatic imine (C=N–C) groups is 1. The summed E-state index contributed by atoms with van der Waals surface area (Å²) in [7, 11) is 0. The molecule has 0 aliphatic carbocycles. The predicted octanol–water partition coefficient (Wildman–Crippen LogP) is 3.46. The van der Waals surface area contributed by atoms with Crippen LogP contribution in [0.15, 0.2) is 65.8 Å². The van der Waals surface area contributed by atoms with Crippen LogP contribution in [0.1, 0.15) is 13.8 Å². The molecular formula is C18H22FN3O2. The Morgan fingerprint density at radius 3 is 2.88 bits per heavy atom. The lowest BCUT2D eigenvalue weighted by molar-refractivity contribution is -0.113. The fraction of sp³-hybridized carbons (Fsp3) is 0.278. The summed E-state index contributed by atoms with van der Waals surface area (Å²) in [4.78, 5) is 21.9. The van der Waals surface area contributed by atoms with Gasteiger partial charge in [0.05, 0.1) is 43.2 Å². The van der Waals surface area contributed by atoms with E-state index in [4.69, 9.17) is 4.74 Å². The summed E-state index contributed by atoms with van der Waals surface area (Å²) >= 11 is 0. The Morgan fingerprint density at radius 1 is 1.58 bits per heavy atom. The number of carbonyl (C=O) groups excluding carboxylic acids is 1. The standard InChI is InChI=1S/C18H22FN3O2/c1-5-18(23)22(16-8-6-10-21-12-16)17(13-24-11-7-9-19)14(2)15(3)20-4/h5-10,12,15H,1,4,11,13H2,2-3H3/b9-7+,17-14+. The minimum absolute atomic E-state index is 0.0896. The molecule has 1 unspecified atom stereocenters. The molecule has 1 aromatic rings. The fourth-order valence-electron chi connectivity index (χ4n) is 1.99. The summed E-state index contributed by atoms with van der Waals surface area (Å²) in [5, 5.41) is 0. The van der Waals surface area contributed by atoms with Crippen molar-refractivity contribution in [3.05, 3.63) is 60.9 Å². The monoisotopic (exact) mass is 331 g/mol. The number of aromatic nitrogens is 1. The van der Waals surface area contributed by atoms with Crippen LogP contribution < -0.4 is 4.90 Å². The Morgan fingerprint density at radius 2 is 2.33 bits per heavy atom. The van der Waals surface area contributed by atoms with Crippen molar-refractivity contribution in [2.45, 2.75) is 19.9 Å². The Labute approximate surface area is 141 Å². The van der Waals surface area contributed by atoms with Gasteiger partial charge in [0.1, 0.15) is 0 Å². The number of carbonyl (C=O) groups is 1. The molecule has 0 radical (unpaired) electrons. The maximum Gasteiger partial charge on any atom is 0.254 e. The number of anilines is 1. The molecule has 0 saturated carbocycles. The van der Waals surface area contributed by atoms with Gasteiger partial charge in [-0.2, -0.15) is 0 Å². The molecule has 24 heavy (non-hydrogen) atoms. The molecular weight excluding hydrogens is 309 g/mol. The van der Waals surface area contributed by atoms with Gasteiger partial charge in [0.25, 0.3) is 5.91 Å². The highest BCUT2D eigenvalue weighted by Gasteiger charge is 2.22. The Balaban J connectivity index is 3.31. The number of pyridine rings is 1. The van der Waals surface area contributed by atoms with E-state index in [9.17, 15) is 9.18 Å². The Hall–Kier alpha value is -2.60. The number of hydrogen-bond donors (Lipinski definition) is 0. The lowest BCUT2D eigenvalue weighted by Gasteiger charge is -2.27. The van der Waals surface area contributed by atoms with Gasteiger partial charge in [-0.1, -0.05) is 6.58 Å². The minimum Gasteiger partial charge on any atom is -0.371 e. The first-order valence-corrected chi connectivity index (χ1v) is 7.41. The molecule has 0 spiro atoms. The van der Waals surface area contributed by atoms with Gasteiger partial charge in [0.2, 0.25) is 0 Å². The molecule has 1 rings (SSSR count). The third-order valence-electron chi connectivity index (χ3n) is 3.47. The van der Waals surface area contributed by atoms with Crippen LogP contribution in [0.4, 0.5) is 10.1 Å². The van der Waals surface area contributed by atoms with Crippen LogP contribution in [0.25, 0.3) is 0 Å². The summed E-state index contributed by atoms with van der Waals surface area (Å²) in [5.74, 6) is -0.321. The van der Waals surface area contributed by atoms with Gasteiger partial charge in [-0.15, -0.1) is 0 Å². The molecule has 1 amide bonds. The number of rotatable bonds is 9. The zero-order chi connectivity index (χ0) is 17.9. The lowest BCUT2D eigenvalue weighted by atomic mass is 10.1. The van der Waals surface area contributed by atoms with E-state index in [1.165, 1.54) is 17.1 Å². The summed E-state index contributed by atoms with van der Waals surface area (Å²) < 4.78 is 17.5. The van der Waals surface area contributed by atoms with Crippen LogP contribution in [0.2, 0.25) is 0 Å². The second-order valence-corrected chi connectivity index (χ2v) is 4.95. The largest absolute Gasteiger partial charge is 0.371 e. The van der Waals surface area contributed by atoms with Crippen LogP contribution in [-0.2, 0) is 9.53 Å². The molecule has 0 saturated heterocycles. The second-order valence-electron chi connectivity index (χ2n) is 4.95. The van der Waals surface area contributed by atoms with Crippen LogP contribution in [0, 0.1) is 0 Å². The lowest BCUT2D eigenvalue weighted by Crippen LogP contribution is -2.33. The van der Waals surface area contributed by atoms with E-state index >= 15 is 0 Å². The SMILES string of the molecule is C=CC(=O)N(/C(COC/C=C/F)=C(\C)C(C)N=C)c1cccnc1. The highest BCUT2D eigenvalue weighted by molar-refractivity contribution is 6.03. The highest BCUT2D eigenvalue weighted by Crippen LogP contribution is 2.23. The van der Waals surface area contributed by atoms with E-state index in [0.29, 0.717) is 17.7 Å². The van der Waals surface area contributed by atoms with E-state index in [2.05, 4.69) is 23.3 Å². The van der Waals surface area contributed by atoms with Crippen molar-refractivity contribution < 1.29 is 13.9 Å². The van der Waals surface area contributed by atoms with Crippen LogP contribution in [0.5, 0.6) is 0 Å². The molecule has 128 valence electrons. The molecule has 0 aliphatic heterocycles. The van der Waals surface area contributed by atoms with Crippen molar-refractivity contribution in [3.63, 3.8) is 0 Å². The normalized spacial score (nSPS) is 13.3. The van der Waals surface area contributed by atoms with Crippen LogP contribution in [0.3, 0.4) is 0 Å². The molecule has 0 N–H and O–H groups in total. The molecule has 0 fully saturated rings. The van der Waals surface area contributed by atoms with Gasteiger partial charge in [-0.25, -0.2) is 4.39 Å². The first-order valence-electron chi connectivity index (χ1n) is 7.41. The number of ether oxygens (including phenoxy) is 1. The van der Waals surface area contributed by atoms with Crippen molar-refractivity contribution in [2.75, 3.05) is 18.1 Å². The molecule has 0 aromatic carbocycles. The van der Waals surface area contributed by atoms with E-state index in [-0.39, 0.29) is 25.2 Å². The molecule has 1 aromatic heterocycles. The molecule has 6 heteroatoms. The third kappa shape index (κ3) is 5.24. The molecule has 5 nitrogen and oxygen atoms in total. The number of amides is 1. The summed E-state index contributed by atoms with van der Waals surface area (Å²) in [6.45, 7) is 11.0. The fourth-order valence-corrected chi connectivity index (χ4v) is 1.99. The van der Waals surface area contributed by atoms with Gasteiger partial charge in [-0.3, -0.25) is 19.7 Å². The summed E-state index contributed by atoms with van der Waals surface area (Å²) in [5.41, 5.74) is 1.99. The van der Waals surface area contributed by atoms with E-state index < -0.39 is 0 Å². The molecule has 0 aliphatic rings. The van der Waals surface area contributed by atoms with Gasteiger partial charge < -0.3 is 4.74 Å². The zero-order valence-electron chi connectivity index (χ0n) is 14.0. The van der Waals surface area contributed by atoms with Gasteiger partial charge in [0.15, 0.2) is 0 Å². The molecule has 1 atom stereocenters. The van der Waals surface area contributed by atoms with Gasteiger partial charge in [-0.05, 0) is 50.4 Å². The number of halogens is 1. The van der Waals surface area contributed by atoms with Crippen LogP contribution >= 0.6 is 0 Å². The predicted molar refractivity (Wildman–Crippen MR) is 94.7 cm³/mol. The van der Waals surface area contributed by atoms with Gasteiger partial charge >= 0.3 is 0 Å². The van der Waals surface area contributed by atoms with E-state index in [1.807, 2.05) is 13.8 Å². The Bertz CT molecular complexity index is 626. The summed E-state index contributed by atoms with van der Waals surface area (Å²) in [6.07, 6.45) is 6.06. The topological polar surface area (TPSA) is 54.8 Å². The van der Waals surface area contributed by atoms with Crippen molar-refractivity contribution in [1.82, 2.24) is 4.98 Å². The molecule has 1 heterocycles. The zero-order valence-corrected chi connectivity index (χ0v) is 14.0. The average molecular weight is 331 g/mol. The average Bonchev–Trinajstić information content (AvgIpc) is 2.63. The maximum atomic E-state index is 12.4. The quantitative estimate of drug-likeness (QED) is 0.395. The van der Waals surface area contributed by atoms with Crippen molar-refractivity contribution in [3.8, 4) is 0 Å². The van der Waals surface area contributed by atoms with Crippen molar-refractivity contribution >= 4 is 18.3 Å². The summed E-state index contributed by atoms with van der Waals surface area (Å²) in [6, 6.07) is 3.28. The number of nitrogens with zero attached hydrogens (tertiary/aromatic N) is 3. The molecule has 0 bridgehead atoms. The maximum absolute atomic E-state index is 12.4. The first-order chi connectivity index (χ1) is 11.6. The highest BCUT2D eigenvalue weighted by atomic mass is 19.1. The second kappa shape index (κ2) is 10.2. The van der Waals surface area contributed by atoms with Crippen molar-refractivity contribution in [2.24, 2.45) is 4.99 Å². The first kappa shape index (κ1) is 19.4. The van der Waals surface area contributed by atoms with Crippen molar-refractivity contribution in [1.29, 1.82) is 0 Å². The Kier molecular flexibility index (Phi) is 8.29. The van der Waals surface area contributed by atoms with Crippen LogP contribution in [-0.4, -0.2) is 36.9 Å². The number of hydrogen-bond acceptors (Lipinski definition) is 4. The van der Waals surface area contributed by atoms with E-state index in [0.717, 1.165) is 5.57 Å².